The van der Waals surface area contributed by atoms with E-state index in [1.165, 1.54) is 22.6 Å². The Kier molecular flexibility index (Phi) is 4.54. The Hall–Kier alpha value is -2.92. The number of hydrogen-bond acceptors (Lipinski definition) is 2. The van der Waals surface area contributed by atoms with Crippen molar-refractivity contribution in [1.82, 2.24) is 19.7 Å². The Balaban J connectivity index is 1.59. The van der Waals surface area contributed by atoms with Crippen LogP contribution in [0, 0.1) is 12.7 Å². The quantitative estimate of drug-likeness (QED) is 0.561. The molecular formula is C22H23FN4. The molecule has 2 aromatic heterocycles. The van der Waals surface area contributed by atoms with Gasteiger partial charge in [-0.05, 0) is 43.8 Å². The van der Waals surface area contributed by atoms with Crippen LogP contribution in [0.5, 0.6) is 0 Å². The van der Waals surface area contributed by atoms with Gasteiger partial charge in [0, 0.05) is 54.6 Å². The summed E-state index contributed by atoms with van der Waals surface area (Å²) >= 11 is 0. The van der Waals surface area contributed by atoms with E-state index in [0.717, 1.165) is 17.6 Å². The van der Waals surface area contributed by atoms with Gasteiger partial charge in [0.15, 0.2) is 0 Å². The first kappa shape index (κ1) is 17.5. The molecule has 0 bridgehead atoms. The minimum Gasteiger partial charge on any atom is -0.361 e. The molecule has 0 unspecified atom stereocenters. The average molecular weight is 362 g/mol. The van der Waals surface area contributed by atoms with Crippen LogP contribution < -0.4 is 0 Å². The second-order valence-electron chi connectivity index (χ2n) is 7.19. The van der Waals surface area contributed by atoms with Crippen molar-refractivity contribution in [3.8, 4) is 11.3 Å². The number of aromatic nitrogens is 3. The summed E-state index contributed by atoms with van der Waals surface area (Å²) in [6.07, 6.45) is 4.04. The zero-order valence-corrected chi connectivity index (χ0v) is 15.8. The molecule has 138 valence electrons. The average Bonchev–Trinajstić information content (AvgIpc) is 3.18. The third-order valence-electron chi connectivity index (χ3n) is 4.84. The number of halogens is 1. The molecule has 4 rings (SSSR count). The van der Waals surface area contributed by atoms with Crippen molar-refractivity contribution >= 4 is 10.9 Å². The van der Waals surface area contributed by atoms with Gasteiger partial charge in [-0.1, -0.05) is 23.8 Å². The van der Waals surface area contributed by atoms with Crippen LogP contribution in [0.3, 0.4) is 0 Å². The van der Waals surface area contributed by atoms with Gasteiger partial charge in [0.05, 0.1) is 5.69 Å². The Labute approximate surface area is 158 Å². The molecule has 2 aromatic carbocycles. The fourth-order valence-corrected chi connectivity index (χ4v) is 3.59. The smallest absolute Gasteiger partial charge is 0.132 e. The fourth-order valence-electron chi connectivity index (χ4n) is 3.59. The Bertz CT molecular complexity index is 1090. The SMILES string of the molecule is Cc1ccc2[nH]cc(CN(C)Cc3cn(C)nc3-c3ccccc3F)c2c1. The number of aromatic amines is 1. The van der Waals surface area contributed by atoms with Crippen molar-refractivity contribution in [2.75, 3.05) is 7.05 Å². The summed E-state index contributed by atoms with van der Waals surface area (Å²) < 4.78 is 16.0. The molecule has 0 spiro atoms. The molecule has 0 aliphatic heterocycles. The maximum atomic E-state index is 14.3. The molecule has 0 saturated heterocycles. The summed E-state index contributed by atoms with van der Waals surface area (Å²) in [7, 11) is 3.95. The fraction of sp³-hybridized carbons (Fsp3) is 0.227. The normalized spacial score (nSPS) is 11.6. The van der Waals surface area contributed by atoms with Crippen LogP contribution in [-0.2, 0) is 20.1 Å². The van der Waals surface area contributed by atoms with Crippen LogP contribution in [0.4, 0.5) is 4.39 Å². The molecular weight excluding hydrogens is 339 g/mol. The summed E-state index contributed by atoms with van der Waals surface area (Å²) in [5.41, 5.74) is 5.92. The second-order valence-corrected chi connectivity index (χ2v) is 7.19. The predicted molar refractivity (Wildman–Crippen MR) is 107 cm³/mol. The van der Waals surface area contributed by atoms with Crippen molar-refractivity contribution in [3.63, 3.8) is 0 Å². The van der Waals surface area contributed by atoms with Gasteiger partial charge >= 0.3 is 0 Å². The highest BCUT2D eigenvalue weighted by Crippen LogP contribution is 2.26. The Morgan fingerprint density at radius 2 is 1.89 bits per heavy atom. The maximum absolute atomic E-state index is 14.3. The third-order valence-corrected chi connectivity index (χ3v) is 4.84. The van der Waals surface area contributed by atoms with Crippen molar-refractivity contribution < 1.29 is 4.39 Å². The van der Waals surface area contributed by atoms with E-state index in [1.54, 1.807) is 16.8 Å². The van der Waals surface area contributed by atoms with E-state index in [0.29, 0.717) is 17.8 Å². The highest BCUT2D eigenvalue weighted by molar-refractivity contribution is 5.83. The third kappa shape index (κ3) is 3.51. The Morgan fingerprint density at radius 1 is 1.11 bits per heavy atom. The molecule has 0 radical (unpaired) electrons. The minimum absolute atomic E-state index is 0.243. The molecule has 2 heterocycles. The number of rotatable bonds is 5. The first-order valence-electron chi connectivity index (χ1n) is 9.04. The lowest BCUT2D eigenvalue weighted by Gasteiger charge is -2.16. The first-order valence-corrected chi connectivity index (χ1v) is 9.04. The van der Waals surface area contributed by atoms with Crippen LogP contribution in [0.15, 0.2) is 54.9 Å². The molecule has 0 aliphatic carbocycles. The van der Waals surface area contributed by atoms with Gasteiger partial charge < -0.3 is 4.98 Å². The van der Waals surface area contributed by atoms with Gasteiger partial charge in [0.2, 0.25) is 0 Å². The van der Waals surface area contributed by atoms with E-state index in [4.69, 9.17) is 0 Å². The number of H-pyrrole nitrogens is 1. The Morgan fingerprint density at radius 3 is 2.70 bits per heavy atom. The number of benzene rings is 2. The molecule has 0 saturated carbocycles. The molecule has 4 aromatic rings. The second kappa shape index (κ2) is 7.00. The van der Waals surface area contributed by atoms with Gasteiger partial charge in [0.1, 0.15) is 5.82 Å². The van der Waals surface area contributed by atoms with Gasteiger partial charge in [-0.2, -0.15) is 5.10 Å². The maximum Gasteiger partial charge on any atom is 0.132 e. The number of nitrogens with zero attached hydrogens (tertiary/aromatic N) is 3. The van der Waals surface area contributed by atoms with E-state index in [-0.39, 0.29) is 5.82 Å². The van der Waals surface area contributed by atoms with Gasteiger partial charge in [-0.25, -0.2) is 4.39 Å². The molecule has 1 N–H and O–H groups in total. The number of nitrogens with one attached hydrogen (secondary N) is 1. The van der Waals surface area contributed by atoms with E-state index >= 15 is 0 Å². The summed E-state index contributed by atoms with van der Waals surface area (Å²) in [4.78, 5) is 5.57. The number of fused-ring (bicyclic) bond motifs is 1. The van der Waals surface area contributed by atoms with Crippen LogP contribution in [0.25, 0.3) is 22.2 Å². The van der Waals surface area contributed by atoms with Crippen LogP contribution in [0.1, 0.15) is 16.7 Å². The summed E-state index contributed by atoms with van der Waals surface area (Å²) in [5, 5.41) is 5.75. The summed E-state index contributed by atoms with van der Waals surface area (Å²) in [6.45, 7) is 3.60. The summed E-state index contributed by atoms with van der Waals surface area (Å²) in [6, 6.07) is 13.2. The zero-order valence-electron chi connectivity index (χ0n) is 15.8. The monoisotopic (exact) mass is 362 g/mol. The van der Waals surface area contributed by atoms with E-state index in [9.17, 15) is 4.39 Å². The highest BCUT2D eigenvalue weighted by Gasteiger charge is 2.16. The van der Waals surface area contributed by atoms with Crippen molar-refractivity contribution in [1.29, 1.82) is 0 Å². The lowest BCUT2D eigenvalue weighted by atomic mass is 10.1. The molecule has 5 heteroatoms. The van der Waals surface area contributed by atoms with Crippen LogP contribution >= 0.6 is 0 Å². The number of hydrogen-bond donors (Lipinski definition) is 1. The minimum atomic E-state index is -0.243. The summed E-state index contributed by atoms with van der Waals surface area (Å²) in [5.74, 6) is -0.243. The zero-order chi connectivity index (χ0) is 19.0. The largest absolute Gasteiger partial charge is 0.361 e. The predicted octanol–water partition coefficient (Wildman–Crippen LogP) is 4.65. The molecule has 27 heavy (non-hydrogen) atoms. The van der Waals surface area contributed by atoms with Gasteiger partial charge in [0.25, 0.3) is 0 Å². The highest BCUT2D eigenvalue weighted by atomic mass is 19.1. The van der Waals surface area contributed by atoms with Crippen LogP contribution in [0.2, 0.25) is 0 Å². The molecule has 0 fully saturated rings. The lowest BCUT2D eigenvalue weighted by Crippen LogP contribution is -2.17. The molecule has 0 aliphatic rings. The first-order chi connectivity index (χ1) is 13.0. The van der Waals surface area contributed by atoms with Gasteiger partial charge in [-0.15, -0.1) is 0 Å². The lowest BCUT2D eigenvalue weighted by molar-refractivity contribution is 0.320. The van der Waals surface area contributed by atoms with E-state index in [2.05, 4.69) is 53.3 Å². The number of aryl methyl sites for hydroxylation is 2. The van der Waals surface area contributed by atoms with E-state index in [1.807, 2.05) is 19.3 Å². The standard InChI is InChI=1S/C22H23FN4/c1-15-8-9-21-19(10-15)16(11-24-21)12-26(2)13-17-14-27(3)25-22(17)18-6-4-5-7-20(18)23/h4-11,14,24H,12-13H2,1-3H3. The van der Waals surface area contributed by atoms with Crippen molar-refractivity contribution in [2.45, 2.75) is 20.0 Å². The molecule has 0 atom stereocenters. The molecule has 4 nitrogen and oxygen atoms in total. The van der Waals surface area contributed by atoms with Crippen molar-refractivity contribution in [2.24, 2.45) is 7.05 Å². The van der Waals surface area contributed by atoms with Gasteiger partial charge in [-0.3, -0.25) is 9.58 Å². The van der Waals surface area contributed by atoms with E-state index < -0.39 is 0 Å². The topological polar surface area (TPSA) is 36.9 Å². The van der Waals surface area contributed by atoms with Crippen molar-refractivity contribution in [3.05, 3.63) is 77.4 Å². The van der Waals surface area contributed by atoms with Crippen LogP contribution in [-0.4, -0.2) is 26.7 Å². The molecule has 0 amide bonds.